The third-order valence-corrected chi connectivity index (χ3v) is 3.71. The van der Waals surface area contributed by atoms with E-state index in [0.717, 1.165) is 12.8 Å². The van der Waals surface area contributed by atoms with Gasteiger partial charge in [0.1, 0.15) is 6.04 Å². The molecule has 1 aliphatic heterocycles. The molecule has 0 aliphatic carbocycles. The molecule has 0 aromatic rings. The van der Waals surface area contributed by atoms with Crippen molar-refractivity contribution in [3.05, 3.63) is 25.3 Å². The molecule has 0 spiro atoms. The maximum Gasteiger partial charge on any atom is 0.321 e. The minimum atomic E-state index is -0.785. The maximum atomic E-state index is 10.8. The second-order valence-corrected chi connectivity index (χ2v) is 4.73. The standard InChI is InChI=1S/C10H15NO2S/c1-3-5-10(6-4-2)11-8(7-14-10)9(12)13/h3-4,8,11H,1-2,5-7H2,(H,12,13). The van der Waals surface area contributed by atoms with E-state index in [2.05, 4.69) is 18.5 Å². The van der Waals surface area contributed by atoms with Crippen LogP contribution in [0, 0.1) is 0 Å². The number of carboxylic acids is 1. The van der Waals surface area contributed by atoms with Crippen molar-refractivity contribution in [2.45, 2.75) is 23.8 Å². The minimum Gasteiger partial charge on any atom is -0.480 e. The topological polar surface area (TPSA) is 49.3 Å². The summed E-state index contributed by atoms with van der Waals surface area (Å²) in [5, 5.41) is 12.0. The van der Waals surface area contributed by atoms with E-state index in [1.807, 2.05) is 12.2 Å². The highest BCUT2D eigenvalue weighted by Crippen LogP contribution is 2.36. The van der Waals surface area contributed by atoms with Crippen LogP contribution in [0.25, 0.3) is 0 Å². The smallest absolute Gasteiger partial charge is 0.321 e. The molecule has 78 valence electrons. The highest BCUT2D eigenvalue weighted by Gasteiger charge is 2.40. The summed E-state index contributed by atoms with van der Waals surface area (Å²) < 4.78 is 0. The van der Waals surface area contributed by atoms with Gasteiger partial charge in [0.25, 0.3) is 0 Å². The summed E-state index contributed by atoms with van der Waals surface area (Å²) in [6, 6.07) is -0.445. The van der Waals surface area contributed by atoms with Gasteiger partial charge in [-0.25, -0.2) is 0 Å². The van der Waals surface area contributed by atoms with Gasteiger partial charge in [0.2, 0.25) is 0 Å². The Morgan fingerprint density at radius 2 is 2.14 bits per heavy atom. The number of aliphatic carboxylic acids is 1. The second kappa shape index (κ2) is 4.66. The Morgan fingerprint density at radius 1 is 1.57 bits per heavy atom. The number of carboxylic acid groups (broad SMARTS) is 1. The third kappa shape index (κ3) is 2.39. The van der Waals surface area contributed by atoms with E-state index in [1.54, 1.807) is 11.8 Å². The van der Waals surface area contributed by atoms with Crippen molar-refractivity contribution in [3.63, 3.8) is 0 Å². The summed E-state index contributed by atoms with van der Waals surface area (Å²) in [4.78, 5) is 10.6. The van der Waals surface area contributed by atoms with Crippen molar-refractivity contribution >= 4 is 17.7 Å². The molecule has 4 heteroatoms. The third-order valence-electron chi connectivity index (χ3n) is 2.21. The number of hydrogen-bond acceptors (Lipinski definition) is 3. The molecule has 14 heavy (non-hydrogen) atoms. The van der Waals surface area contributed by atoms with Crippen LogP contribution in [0.1, 0.15) is 12.8 Å². The summed E-state index contributed by atoms with van der Waals surface area (Å²) in [5.41, 5.74) is 0. The number of thioether (sulfide) groups is 1. The van der Waals surface area contributed by atoms with E-state index in [-0.39, 0.29) is 4.87 Å². The lowest BCUT2D eigenvalue weighted by atomic mass is 10.1. The van der Waals surface area contributed by atoms with E-state index < -0.39 is 12.0 Å². The average Bonchev–Trinajstić information content (AvgIpc) is 2.51. The average molecular weight is 213 g/mol. The first-order valence-electron chi connectivity index (χ1n) is 4.50. The van der Waals surface area contributed by atoms with Gasteiger partial charge in [-0.15, -0.1) is 24.9 Å². The lowest BCUT2D eigenvalue weighted by molar-refractivity contribution is -0.138. The van der Waals surface area contributed by atoms with Gasteiger partial charge in [-0.05, 0) is 12.8 Å². The monoisotopic (exact) mass is 213 g/mol. The second-order valence-electron chi connectivity index (χ2n) is 3.33. The van der Waals surface area contributed by atoms with Crippen molar-refractivity contribution in [2.24, 2.45) is 0 Å². The molecule has 1 fully saturated rings. The molecule has 1 saturated heterocycles. The van der Waals surface area contributed by atoms with Gasteiger partial charge < -0.3 is 5.11 Å². The highest BCUT2D eigenvalue weighted by molar-refractivity contribution is 8.01. The Labute approximate surface area is 88.3 Å². The van der Waals surface area contributed by atoms with Crippen molar-refractivity contribution in [1.29, 1.82) is 0 Å². The van der Waals surface area contributed by atoms with Crippen LogP contribution in [0.3, 0.4) is 0 Å². The Bertz CT molecular complexity index is 243. The fourth-order valence-electron chi connectivity index (χ4n) is 1.56. The Morgan fingerprint density at radius 3 is 2.50 bits per heavy atom. The molecule has 1 unspecified atom stereocenters. The number of nitrogens with one attached hydrogen (secondary N) is 1. The molecule has 0 aromatic heterocycles. The summed E-state index contributed by atoms with van der Waals surface area (Å²) in [7, 11) is 0. The molecule has 0 amide bonds. The largest absolute Gasteiger partial charge is 0.480 e. The molecular formula is C10H15NO2S. The molecule has 1 atom stereocenters. The first kappa shape index (κ1) is 11.3. The van der Waals surface area contributed by atoms with Crippen LogP contribution in [-0.4, -0.2) is 27.7 Å². The molecule has 0 bridgehead atoms. The normalized spacial score (nSPS) is 24.4. The summed E-state index contributed by atoms with van der Waals surface area (Å²) in [5.74, 6) is -0.177. The molecule has 0 aromatic carbocycles. The van der Waals surface area contributed by atoms with Crippen molar-refractivity contribution in [1.82, 2.24) is 5.32 Å². The van der Waals surface area contributed by atoms with Gasteiger partial charge in [-0.2, -0.15) is 0 Å². The Balaban J connectivity index is 2.67. The number of hydrogen-bond donors (Lipinski definition) is 2. The van der Waals surface area contributed by atoms with Crippen molar-refractivity contribution in [3.8, 4) is 0 Å². The van der Waals surface area contributed by atoms with Crippen LogP contribution in [0.2, 0.25) is 0 Å². The summed E-state index contributed by atoms with van der Waals surface area (Å²) in [6.07, 6.45) is 5.14. The quantitative estimate of drug-likeness (QED) is 0.681. The van der Waals surface area contributed by atoms with Crippen LogP contribution < -0.4 is 5.32 Å². The van der Waals surface area contributed by atoms with E-state index in [0.29, 0.717) is 5.75 Å². The molecule has 1 rings (SSSR count). The van der Waals surface area contributed by atoms with Crippen LogP contribution in [0.4, 0.5) is 0 Å². The van der Waals surface area contributed by atoms with Crippen molar-refractivity contribution in [2.75, 3.05) is 5.75 Å². The predicted molar refractivity (Wildman–Crippen MR) is 59.4 cm³/mol. The molecule has 2 N–H and O–H groups in total. The van der Waals surface area contributed by atoms with Gasteiger partial charge in [0.15, 0.2) is 0 Å². The molecule has 1 aliphatic rings. The van der Waals surface area contributed by atoms with Gasteiger partial charge in [0, 0.05) is 5.75 Å². The van der Waals surface area contributed by atoms with Gasteiger partial charge in [0.05, 0.1) is 4.87 Å². The zero-order valence-corrected chi connectivity index (χ0v) is 8.85. The highest BCUT2D eigenvalue weighted by atomic mass is 32.2. The van der Waals surface area contributed by atoms with E-state index in [1.165, 1.54) is 0 Å². The van der Waals surface area contributed by atoms with Gasteiger partial charge in [-0.3, -0.25) is 10.1 Å². The summed E-state index contributed by atoms with van der Waals surface area (Å²) >= 11 is 1.64. The Kier molecular flexibility index (Phi) is 3.77. The van der Waals surface area contributed by atoms with Gasteiger partial charge in [-0.1, -0.05) is 12.2 Å². The van der Waals surface area contributed by atoms with E-state index in [9.17, 15) is 4.79 Å². The van der Waals surface area contributed by atoms with Crippen LogP contribution >= 0.6 is 11.8 Å². The molecular weight excluding hydrogens is 198 g/mol. The fourth-order valence-corrected chi connectivity index (χ4v) is 2.97. The zero-order chi connectivity index (χ0) is 10.6. The minimum absolute atomic E-state index is 0.202. The molecule has 0 saturated carbocycles. The van der Waals surface area contributed by atoms with Crippen LogP contribution in [0.5, 0.6) is 0 Å². The van der Waals surface area contributed by atoms with E-state index >= 15 is 0 Å². The first-order valence-corrected chi connectivity index (χ1v) is 5.48. The Hall–Kier alpha value is -0.740. The lowest BCUT2D eigenvalue weighted by Gasteiger charge is -2.26. The first-order chi connectivity index (χ1) is 6.63. The number of rotatable bonds is 5. The molecule has 0 radical (unpaired) electrons. The maximum absolute atomic E-state index is 10.8. The van der Waals surface area contributed by atoms with Gasteiger partial charge >= 0.3 is 5.97 Å². The molecule has 1 heterocycles. The summed E-state index contributed by atoms with van der Waals surface area (Å²) in [6.45, 7) is 7.37. The number of carbonyl (C=O) groups is 1. The van der Waals surface area contributed by atoms with E-state index in [4.69, 9.17) is 5.11 Å². The SMILES string of the molecule is C=CCC1(CC=C)NC(C(=O)O)CS1. The zero-order valence-electron chi connectivity index (χ0n) is 8.03. The van der Waals surface area contributed by atoms with Crippen molar-refractivity contribution < 1.29 is 9.90 Å². The lowest BCUT2D eigenvalue weighted by Crippen LogP contribution is -2.44. The van der Waals surface area contributed by atoms with Crippen LogP contribution in [-0.2, 0) is 4.79 Å². The van der Waals surface area contributed by atoms with Crippen LogP contribution in [0.15, 0.2) is 25.3 Å². The predicted octanol–water partition coefficient (Wildman–Crippen LogP) is 1.62. The molecule has 3 nitrogen and oxygen atoms in total. The fraction of sp³-hybridized carbons (Fsp3) is 0.500.